The zero-order valence-electron chi connectivity index (χ0n) is 14.2. The summed E-state index contributed by atoms with van der Waals surface area (Å²) >= 11 is 0. The van der Waals surface area contributed by atoms with Gasteiger partial charge in [-0.3, -0.25) is 9.36 Å². The summed E-state index contributed by atoms with van der Waals surface area (Å²) in [7, 11) is 4.70. The van der Waals surface area contributed by atoms with Gasteiger partial charge in [0.2, 0.25) is 0 Å². The molecule has 0 unspecified atom stereocenters. The number of carbonyl (C=O) groups excluding carboxylic acids is 1. The van der Waals surface area contributed by atoms with E-state index in [1.165, 1.54) is 18.8 Å². The fourth-order valence-corrected chi connectivity index (χ4v) is 2.51. The molecule has 1 aromatic heterocycles. The summed E-state index contributed by atoms with van der Waals surface area (Å²) in [6.45, 7) is 0.299. The maximum absolute atomic E-state index is 12.4. The van der Waals surface area contributed by atoms with E-state index in [0.29, 0.717) is 34.7 Å². The number of nitrogens with zero attached hydrogens (tertiary/aromatic N) is 1. The van der Waals surface area contributed by atoms with Crippen molar-refractivity contribution in [2.24, 2.45) is 7.05 Å². The molecule has 7 heteroatoms. The largest absolute Gasteiger partial charge is 0.497 e. The van der Waals surface area contributed by atoms with Crippen LogP contribution in [0.5, 0.6) is 11.5 Å². The highest BCUT2D eigenvalue weighted by atomic mass is 16.5. The summed E-state index contributed by atoms with van der Waals surface area (Å²) in [6, 6.07) is 10.3. The van der Waals surface area contributed by atoms with Gasteiger partial charge in [0.15, 0.2) is 5.58 Å². The van der Waals surface area contributed by atoms with E-state index in [4.69, 9.17) is 13.9 Å². The molecule has 0 aliphatic rings. The number of aryl methyl sites for hydroxylation is 1. The first kappa shape index (κ1) is 16.6. The second-order valence-corrected chi connectivity index (χ2v) is 5.51. The van der Waals surface area contributed by atoms with E-state index in [1.54, 1.807) is 37.4 Å². The molecule has 3 aromatic rings. The van der Waals surface area contributed by atoms with Gasteiger partial charge in [0.25, 0.3) is 5.91 Å². The molecule has 0 atom stereocenters. The first-order valence-corrected chi connectivity index (χ1v) is 7.61. The van der Waals surface area contributed by atoms with Crippen molar-refractivity contribution in [2.45, 2.75) is 6.54 Å². The van der Waals surface area contributed by atoms with Gasteiger partial charge in [0.05, 0.1) is 19.7 Å². The number of oxazole rings is 1. The van der Waals surface area contributed by atoms with Crippen LogP contribution in [0.15, 0.2) is 45.6 Å². The summed E-state index contributed by atoms with van der Waals surface area (Å²) in [5.74, 6) is 0.403. The first-order valence-electron chi connectivity index (χ1n) is 7.61. The summed E-state index contributed by atoms with van der Waals surface area (Å²) in [6.07, 6.45) is 0. The average Bonchev–Trinajstić information content (AvgIpc) is 2.92. The van der Waals surface area contributed by atoms with Gasteiger partial charge in [-0.05, 0) is 29.8 Å². The highest BCUT2D eigenvalue weighted by molar-refractivity contribution is 5.95. The highest BCUT2D eigenvalue weighted by Gasteiger charge is 2.11. The molecular weight excluding hydrogens is 324 g/mol. The van der Waals surface area contributed by atoms with Crippen LogP contribution >= 0.6 is 0 Å². The number of hydrogen-bond acceptors (Lipinski definition) is 5. The molecule has 0 saturated carbocycles. The van der Waals surface area contributed by atoms with E-state index < -0.39 is 5.76 Å². The maximum Gasteiger partial charge on any atom is 0.419 e. The number of aromatic nitrogens is 1. The van der Waals surface area contributed by atoms with Crippen LogP contribution in [-0.2, 0) is 13.6 Å². The summed E-state index contributed by atoms with van der Waals surface area (Å²) in [4.78, 5) is 23.9. The lowest BCUT2D eigenvalue weighted by Crippen LogP contribution is -2.22. The summed E-state index contributed by atoms with van der Waals surface area (Å²) in [5.41, 5.74) is 2.45. The van der Waals surface area contributed by atoms with Gasteiger partial charge < -0.3 is 19.2 Å². The molecule has 3 rings (SSSR count). The number of fused-ring (bicyclic) bond motifs is 1. The number of amides is 1. The minimum absolute atomic E-state index is 0.258. The lowest BCUT2D eigenvalue weighted by molar-refractivity contribution is 0.0950. The smallest absolute Gasteiger partial charge is 0.419 e. The monoisotopic (exact) mass is 342 g/mol. The summed E-state index contributed by atoms with van der Waals surface area (Å²) < 4.78 is 16.9. The molecule has 0 bridgehead atoms. The molecule has 2 aromatic carbocycles. The fourth-order valence-electron chi connectivity index (χ4n) is 2.51. The van der Waals surface area contributed by atoms with Gasteiger partial charge in [-0.25, -0.2) is 4.79 Å². The van der Waals surface area contributed by atoms with Gasteiger partial charge in [-0.1, -0.05) is 6.07 Å². The van der Waals surface area contributed by atoms with Gasteiger partial charge in [0.1, 0.15) is 11.5 Å². The van der Waals surface area contributed by atoms with Gasteiger partial charge >= 0.3 is 5.76 Å². The number of hydrogen-bond donors (Lipinski definition) is 1. The van der Waals surface area contributed by atoms with E-state index in [2.05, 4.69) is 5.32 Å². The standard InChI is InChI=1S/C18H18N2O5/c1-20-15-5-4-11(6-16(15)25-18(20)22)10-19-17(21)12-7-13(23-2)9-14(8-12)24-3/h4-9H,10H2,1-3H3,(H,19,21). The van der Waals surface area contributed by atoms with E-state index in [-0.39, 0.29) is 5.91 Å². The first-order chi connectivity index (χ1) is 12.0. The lowest BCUT2D eigenvalue weighted by atomic mass is 10.1. The van der Waals surface area contributed by atoms with Crippen molar-refractivity contribution in [3.63, 3.8) is 0 Å². The quantitative estimate of drug-likeness (QED) is 0.767. The molecule has 25 heavy (non-hydrogen) atoms. The molecule has 0 radical (unpaired) electrons. The zero-order chi connectivity index (χ0) is 18.0. The number of ether oxygens (including phenoxy) is 2. The summed E-state index contributed by atoms with van der Waals surface area (Å²) in [5, 5.41) is 2.83. The molecule has 0 aliphatic carbocycles. The van der Waals surface area contributed by atoms with Crippen LogP contribution in [-0.4, -0.2) is 24.7 Å². The van der Waals surface area contributed by atoms with Crippen molar-refractivity contribution in [2.75, 3.05) is 14.2 Å². The van der Waals surface area contributed by atoms with Crippen LogP contribution in [0.3, 0.4) is 0 Å². The topological polar surface area (TPSA) is 82.7 Å². The lowest BCUT2D eigenvalue weighted by Gasteiger charge is -2.09. The molecule has 0 saturated heterocycles. The Hall–Kier alpha value is -3.22. The molecule has 0 aliphatic heterocycles. The van der Waals surface area contributed by atoms with Gasteiger partial charge in [-0.2, -0.15) is 0 Å². The Bertz CT molecular complexity index is 965. The normalized spacial score (nSPS) is 10.7. The minimum atomic E-state index is -0.417. The third kappa shape index (κ3) is 3.35. The molecule has 1 amide bonds. The Labute approximate surface area is 143 Å². The van der Waals surface area contributed by atoms with Gasteiger partial charge in [-0.15, -0.1) is 0 Å². The zero-order valence-corrected chi connectivity index (χ0v) is 14.2. The molecule has 0 spiro atoms. The highest BCUT2D eigenvalue weighted by Crippen LogP contribution is 2.22. The molecule has 7 nitrogen and oxygen atoms in total. The van der Waals surface area contributed by atoms with Crippen molar-refractivity contribution in [1.29, 1.82) is 0 Å². The average molecular weight is 342 g/mol. The Morgan fingerprint density at radius 3 is 2.44 bits per heavy atom. The van der Waals surface area contributed by atoms with Crippen molar-refractivity contribution in [3.8, 4) is 11.5 Å². The van der Waals surface area contributed by atoms with Crippen molar-refractivity contribution < 1.29 is 18.7 Å². The Kier molecular flexibility index (Phi) is 4.47. The molecule has 1 heterocycles. The van der Waals surface area contributed by atoms with E-state index in [0.717, 1.165) is 5.56 Å². The number of rotatable bonds is 5. The van der Waals surface area contributed by atoms with Crippen LogP contribution in [0, 0.1) is 0 Å². The number of carbonyl (C=O) groups is 1. The predicted molar refractivity (Wildman–Crippen MR) is 92.2 cm³/mol. The molecule has 0 fully saturated rings. The molecule has 130 valence electrons. The maximum atomic E-state index is 12.4. The number of methoxy groups -OCH3 is 2. The van der Waals surface area contributed by atoms with Crippen molar-refractivity contribution in [1.82, 2.24) is 9.88 Å². The van der Waals surface area contributed by atoms with Crippen LogP contribution in [0.25, 0.3) is 11.1 Å². The molecule has 1 N–H and O–H groups in total. The van der Waals surface area contributed by atoms with Crippen LogP contribution in [0.2, 0.25) is 0 Å². The second-order valence-electron chi connectivity index (χ2n) is 5.51. The minimum Gasteiger partial charge on any atom is -0.497 e. The predicted octanol–water partition coefficient (Wildman–Crippen LogP) is 2.08. The second kappa shape index (κ2) is 6.72. The Morgan fingerprint density at radius 1 is 1.12 bits per heavy atom. The van der Waals surface area contributed by atoms with Crippen molar-refractivity contribution >= 4 is 17.0 Å². The Balaban J connectivity index is 1.77. The van der Waals surface area contributed by atoms with Crippen LogP contribution < -0.4 is 20.5 Å². The van der Waals surface area contributed by atoms with E-state index >= 15 is 0 Å². The SMILES string of the molecule is COc1cc(OC)cc(C(=O)NCc2ccc3c(c2)oc(=O)n3C)c1. The number of nitrogens with one attached hydrogen (secondary N) is 1. The third-order valence-corrected chi connectivity index (χ3v) is 3.92. The van der Waals surface area contributed by atoms with E-state index in [9.17, 15) is 9.59 Å². The molecular formula is C18H18N2O5. The Morgan fingerprint density at radius 2 is 1.80 bits per heavy atom. The van der Waals surface area contributed by atoms with Crippen LogP contribution in [0.4, 0.5) is 0 Å². The fraction of sp³-hybridized carbons (Fsp3) is 0.222. The van der Waals surface area contributed by atoms with Gasteiger partial charge in [0, 0.05) is 25.2 Å². The van der Waals surface area contributed by atoms with E-state index in [1.807, 2.05) is 6.07 Å². The number of benzene rings is 2. The van der Waals surface area contributed by atoms with Crippen molar-refractivity contribution in [3.05, 3.63) is 58.1 Å². The third-order valence-electron chi connectivity index (χ3n) is 3.92. The van der Waals surface area contributed by atoms with Crippen LogP contribution in [0.1, 0.15) is 15.9 Å².